The molecule has 0 radical (unpaired) electrons. The summed E-state index contributed by atoms with van der Waals surface area (Å²) in [6.45, 7) is 1.49. The second-order valence-electron chi connectivity index (χ2n) is 2.30. The number of hydrogen-bond donors (Lipinski definition) is 0. The van der Waals surface area contributed by atoms with Gasteiger partial charge in [-0.15, -0.1) is 0 Å². The van der Waals surface area contributed by atoms with Crippen molar-refractivity contribution in [1.29, 1.82) is 0 Å². The highest BCUT2D eigenvalue weighted by atomic mass is 32.2. The molecular weight excluding hydrogens is 174 g/mol. The molecule has 0 bridgehead atoms. The third-order valence-corrected chi connectivity index (χ3v) is 2.17. The van der Waals surface area contributed by atoms with Crippen LogP contribution in [0.1, 0.15) is 12.6 Å². The number of thioether (sulfide) groups is 1. The molecule has 0 N–H and O–H groups in total. The fourth-order valence-corrected chi connectivity index (χ4v) is 1.33. The fraction of sp³-hybridized carbons (Fsp3) is 0.250. The maximum atomic E-state index is 11.0. The summed E-state index contributed by atoms with van der Waals surface area (Å²) in [7, 11) is 0. The summed E-state index contributed by atoms with van der Waals surface area (Å²) >= 11 is 1.14. The number of hydrogen-bond acceptors (Lipinski definition) is 3. The van der Waals surface area contributed by atoms with Crippen LogP contribution in [0.4, 0.5) is 0 Å². The van der Waals surface area contributed by atoms with E-state index in [1.165, 1.54) is 13.1 Å². The predicted octanol–water partition coefficient (Wildman–Crippen LogP) is 1.10. The highest BCUT2D eigenvalue weighted by Crippen LogP contribution is 2.08. The van der Waals surface area contributed by atoms with E-state index in [-0.39, 0.29) is 5.12 Å². The first-order chi connectivity index (χ1) is 5.70. The van der Waals surface area contributed by atoms with Gasteiger partial charge < -0.3 is 5.21 Å². The Hall–Kier alpha value is -1.03. The van der Waals surface area contributed by atoms with Gasteiger partial charge >= 0.3 is 0 Å². The van der Waals surface area contributed by atoms with E-state index in [2.05, 4.69) is 0 Å². The SMILES string of the molecule is CC(=O)SCc1cccc[n+]1[O-]. The molecule has 0 atom stereocenters. The summed E-state index contributed by atoms with van der Waals surface area (Å²) in [6, 6.07) is 5.16. The van der Waals surface area contributed by atoms with E-state index in [9.17, 15) is 10.0 Å². The zero-order valence-electron chi connectivity index (χ0n) is 6.69. The summed E-state index contributed by atoms with van der Waals surface area (Å²) < 4.78 is 0.774. The maximum Gasteiger partial charge on any atom is 0.203 e. The lowest BCUT2D eigenvalue weighted by Crippen LogP contribution is -2.30. The van der Waals surface area contributed by atoms with Crippen molar-refractivity contribution in [2.75, 3.05) is 0 Å². The Morgan fingerprint density at radius 3 is 3.00 bits per heavy atom. The molecule has 0 aliphatic heterocycles. The summed E-state index contributed by atoms with van der Waals surface area (Å²) in [4.78, 5) is 10.6. The molecule has 0 fully saturated rings. The Kier molecular flexibility index (Phi) is 3.10. The lowest BCUT2D eigenvalue weighted by atomic mass is 10.4. The summed E-state index contributed by atoms with van der Waals surface area (Å²) in [5.41, 5.74) is 0.609. The molecule has 1 aromatic rings. The highest BCUT2D eigenvalue weighted by molar-refractivity contribution is 8.12. The quantitative estimate of drug-likeness (QED) is 0.509. The first-order valence-corrected chi connectivity index (χ1v) is 4.49. The van der Waals surface area contributed by atoms with Crippen LogP contribution in [0.2, 0.25) is 0 Å². The molecule has 0 saturated carbocycles. The monoisotopic (exact) mass is 183 g/mol. The van der Waals surface area contributed by atoms with Crippen LogP contribution in [0.25, 0.3) is 0 Å². The van der Waals surface area contributed by atoms with Gasteiger partial charge in [0.15, 0.2) is 11.3 Å². The van der Waals surface area contributed by atoms with E-state index in [0.717, 1.165) is 16.5 Å². The van der Waals surface area contributed by atoms with Gasteiger partial charge in [-0.1, -0.05) is 11.8 Å². The Labute approximate surface area is 75.0 Å². The van der Waals surface area contributed by atoms with Gasteiger partial charge in [0.1, 0.15) is 0 Å². The van der Waals surface area contributed by atoms with Crippen molar-refractivity contribution in [3.05, 3.63) is 35.3 Å². The molecule has 64 valence electrons. The molecule has 0 unspecified atom stereocenters. The van der Waals surface area contributed by atoms with Crippen LogP contribution in [-0.2, 0) is 10.5 Å². The first kappa shape index (κ1) is 9.06. The van der Waals surface area contributed by atoms with Crippen LogP contribution in [0.3, 0.4) is 0 Å². The third kappa shape index (κ3) is 2.54. The lowest BCUT2D eigenvalue weighted by Gasteiger charge is -2.00. The molecule has 1 aromatic heterocycles. The van der Waals surface area contributed by atoms with Crippen molar-refractivity contribution < 1.29 is 9.52 Å². The van der Waals surface area contributed by atoms with Gasteiger partial charge in [0.05, 0.1) is 5.75 Å². The largest absolute Gasteiger partial charge is 0.618 e. The minimum Gasteiger partial charge on any atom is -0.618 e. The molecule has 1 heterocycles. The van der Waals surface area contributed by atoms with E-state index in [1.54, 1.807) is 18.2 Å². The number of nitrogens with zero attached hydrogens (tertiary/aromatic N) is 1. The second-order valence-corrected chi connectivity index (χ2v) is 3.45. The number of pyridine rings is 1. The van der Waals surface area contributed by atoms with E-state index in [4.69, 9.17) is 0 Å². The van der Waals surface area contributed by atoms with Gasteiger partial charge in [0.2, 0.25) is 5.69 Å². The summed E-state index contributed by atoms with van der Waals surface area (Å²) in [6.07, 6.45) is 1.43. The van der Waals surface area contributed by atoms with Crippen LogP contribution in [0.15, 0.2) is 24.4 Å². The highest BCUT2D eigenvalue weighted by Gasteiger charge is 2.04. The van der Waals surface area contributed by atoms with Crippen LogP contribution in [0.5, 0.6) is 0 Å². The van der Waals surface area contributed by atoms with Crippen molar-refractivity contribution >= 4 is 16.9 Å². The lowest BCUT2D eigenvalue weighted by molar-refractivity contribution is -0.612. The zero-order valence-corrected chi connectivity index (χ0v) is 7.50. The molecule has 12 heavy (non-hydrogen) atoms. The first-order valence-electron chi connectivity index (χ1n) is 3.50. The Balaban J connectivity index is 2.63. The molecule has 0 saturated heterocycles. The zero-order chi connectivity index (χ0) is 8.97. The summed E-state index contributed by atoms with van der Waals surface area (Å²) in [5, 5.41) is 11.1. The molecular formula is C8H9NO2S. The topological polar surface area (TPSA) is 44.0 Å². The average molecular weight is 183 g/mol. The molecule has 0 spiro atoms. The molecule has 0 aliphatic carbocycles. The third-order valence-electron chi connectivity index (χ3n) is 1.33. The Bertz CT molecular complexity index is 288. The molecule has 0 aliphatic rings. The van der Waals surface area contributed by atoms with Gasteiger partial charge in [0.25, 0.3) is 0 Å². The van der Waals surface area contributed by atoms with E-state index < -0.39 is 0 Å². The van der Waals surface area contributed by atoms with E-state index in [0.29, 0.717) is 11.4 Å². The Morgan fingerprint density at radius 2 is 2.42 bits per heavy atom. The summed E-state index contributed by atoms with van der Waals surface area (Å²) in [5.74, 6) is 0.444. The molecule has 4 heteroatoms. The number of carbonyl (C=O) groups excluding carboxylic acids is 1. The standard InChI is InChI=1S/C8H9NO2S/c1-7(10)12-6-8-4-2-3-5-9(8)11/h2-5H,6H2,1H3. The van der Waals surface area contributed by atoms with Crippen molar-refractivity contribution in [3.8, 4) is 0 Å². The van der Waals surface area contributed by atoms with Gasteiger partial charge in [0, 0.05) is 19.1 Å². The van der Waals surface area contributed by atoms with Gasteiger partial charge in [-0.05, 0) is 6.07 Å². The van der Waals surface area contributed by atoms with Crippen LogP contribution >= 0.6 is 11.8 Å². The van der Waals surface area contributed by atoms with Gasteiger partial charge in [-0.2, -0.15) is 4.73 Å². The number of aromatic nitrogens is 1. The van der Waals surface area contributed by atoms with Crippen LogP contribution in [-0.4, -0.2) is 5.12 Å². The van der Waals surface area contributed by atoms with Crippen LogP contribution < -0.4 is 4.73 Å². The fourth-order valence-electron chi connectivity index (χ4n) is 0.751. The van der Waals surface area contributed by atoms with Crippen molar-refractivity contribution in [2.24, 2.45) is 0 Å². The maximum absolute atomic E-state index is 11.0. The average Bonchev–Trinajstić information content (AvgIpc) is 2.03. The molecule has 1 rings (SSSR count). The van der Waals surface area contributed by atoms with Crippen molar-refractivity contribution in [2.45, 2.75) is 12.7 Å². The normalized spacial score (nSPS) is 9.75. The Morgan fingerprint density at radius 1 is 1.67 bits per heavy atom. The minimum atomic E-state index is 0.0267. The molecule has 0 aromatic carbocycles. The van der Waals surface area contributed by atoms with Crippen molar-refractivity contribution in [1.82, 2.24) is 0 Å². The number of rotatable bonds is 2. The van der Waals surface area contributed by atoms with E-state index >= 15 is 0 Å². The predicted molar refractivity (Wildman–Crippen MR) is 47.4 cm³/mol. The van der Waals surface area contributed by atoms with Gasteiger partial charge in [-0.25, -0.2) is 0 Å². The van der Waals surface area contributed by atoms with E-state index in [1.807, 2.05) is 0 Å². The van der Waals surface area contributed by atoms with Crippen LogP contribution in [0, 0.1) is 5.21 Å². The van der Waals surface area contributed by atoms with Crippen molar-refractivity contribution in [3.63, 3.8) is 0 Å². The molecule has 3 nitrogen and oxygen atoms in total. The smallest absolute Gasteiger partial charge is 0.203 e. The molecule has 0 amide bonds. The second kappa shape index (κ2) is 4.11. The van der Waals surface area contributed by atoms with Gasteiger partial charge in [-0.3, -0.25) is 4.79 Å². The number of carbonyl (C=O) groups is 1. The minimum absolute atomic E-state index is 0.0267.